The molecule has 186 valence electrons. The molecular formula is C25H15Br5O6. The third-order valence-electron chi connectivity index (χ3n) is 4.79. The van der Waals surface area contributed by atoms with Crippen molar-refractivity contribution in [3.63, 3.8) is 0 Å². The molecule has 4 rings (SSSR count). The second kappa shape index (κ2) is 12.1. The van der Waals surface area contributed by atoms with E-state index in [4.69, 9.17) is 4.74 Å². The first-order chi connectivity index (χ1) is 16.9. The van der Waals surface area contributed by atoms with E-state index in [2.05, 4.69) is 79.6 Å². The highest BCUT2D eigenvalue weighted by molar-refractivity contribution is 9.11. The number of carbonyl (C=O) groups is 2. The van der Waals surface area contributed by atoms with Gasteiger partial charge in [-0.05, 0) is 146 Å². The molecule has 0 spiro atoms. The Hall–Kier alpha value is -1.92. The van der Waals surface area contributed by atoms with Gasteiger partial charge in [0.25, 0.3) is 0 Å². The number of ether oxygens (including phenoxy) is 1. The van der Waals surface area contributed by atoms with Crippen LogP contribution < -0.4 is 0 Å². The number of rotatable bonds is 3. The van der Waals surface area contributed by atoms with Gasteiger partial charge in [0.05, 0.1) is 22.4 Å². The van der Waals surface area contributed by atoms with E-state index >= 15 is 0 Å². The lowest BCUT2D eigenvalue weighted by molar-refractivity contribution is -0.133. The van der Waals surface area contributed by atoms with Crippen LogP contribution in [0.15, 0.2) is 76.2 Å². The molecule has 0 saturated heterocycles. The van der Waals surface area contributed by atoms with E-state index in [9.17, 15) is 24.9 Å². The normalized spacial score (nSPS) is 13.9. The number of hydrogen-bond acceptors (Lipinski definition) is 6. The first kappa shape index (κ1) is 28.6. The largest absolute Gasteiger partial charge is 0.507 e. The number of phenols is 3. The van der Waals surface area contributed by atoms with Crippen LogP contribution in [0.1, 0.15) is 16.7 Å². The Morgan fingerprint density at radius 2 is 1.31 bits per heavy atom. The van der Waals surface area contributed by atoms with E-state index in [1.54, 1.807) is 30.3 Å². The summed E-state index contributed by atoms with van der Waals surface area (Å²) in [5, 5.41) is 28.7. The molecule has 36 heavy (non-hydrogen) atoms. The number of esters is 1. The predicted molar refractivity (Wildman–Crippen MR) is 155 cm³/mol. The molecule has 6 nitrogen and oxygen atoms in total. The highest BCUT2D eigenvalue weighted by atomic mass is 79.9. The summed E-state index contributed by atoms with van der Waals surface area (Å²) in [6.07, 6.45) is 2.03. The molecule has 0 atom stereocenters. The molecule has 0 amide bonds. The molecule has 0 unspecified atom stereocenters. The number of hydrogen-bond donors (Lipinski definition) is 3. The Kier molecular flexibility index (Phi) is 9.62. The Morgan fingerprint density at radius 3 is 1.81 bits per heavy atom. The van der Waals surface area contributed by atoms with Crippen molar-refractivity contribution in [3.8, 4) is 17.2 Å². The number of cyclic esters (lactones) is 1. The maximum Gasteiger partial charge on any atom is 0.347 e. The second-order valence-corrected chi connectivity index (χ2v) is 11.7. The topological polar surface area (TPSA) is 104 Å². The van der Waals surface area contributed by atoms with Crippen LogP contribution in [0.5, 0.6) is 17.2 Å². The van der Waals surface area contributed by atoms with Crippen LogP contribution in [0.4, 0.5) is 0 Å². The van der Waals surface area contributed by atoms with Gasteiger partial charge in [-0.1, -0.05) is 6.07 Å². The first-order valence-electron chi connectivity index (χ1n) is 9.88. The summed E-state index contributed by atoms with van der Waals surface area (Å²) in [5.74, 6) is -0.223. The van der Waals surface area contributed by atoms with Gasteiger partial charge < -0.3 is 20.1 Å². The minimum absolute atomic E-state index is 0.0316. The molecule has 3 aromatic rings. The van der Waals surface area contributed by atoms with Gasteiger partial charge in [0, 0.05) is 5.57 Å². The van der Waals surface area contributed by atoms with Crippen LogP contribution in [0, 0.1) is 6.92 Å². The van der Waals surface area contributed by atoms with Crippen LogP contribution in [0.2, 0.25) is 0 Å². The Bertz CT molecular complexity index is 1400. The molecule has 0 aromatic heterocycles. The smallest absolute Gasteiger partial charge is 0.347 e. The van der Waals surface area contributed by atoms with Crippen molar-refractivity contribution < 1.29 is 29.6 Å². The van der Waals surface area contributed by atoms with Crippen LogP contribution in [-0.2, 0) is 14.3 Å². The maximum atomic E-state index is 12.1. The van der Waals surface area contributed by atoms with E-state index in [0.29, 0.717) is 36.4 Å². The van der Waals surface area contributed by atoms with Crippen molar-refractivity contribution >= 4 is 104 Å². The quantitative estimate of drug-likeness (QED) is 0.140. The summed E-state index contributed by atoms with van der Waals surface area (Å²) < 4.78 is 8.03. The van der Waals surface area contributed by atoms with Gasteiger partial charge in [-0.15, -0.1) is 0 Å². The van der Waals surface area contributed by atoms with Crippen molar-refractivity contribution in [2.24, 2.45) is 0 Å². The molecule has 1 aliphatic heterocycles. The summed E-state index contributed by atoms with van der Waals surface area (Å²) in [4.78, 5) is 23.5. The van der Waals surface area contributed by atoms with Crippen LogP contribution in [0.3, 0.4) is 0 Å². The van der Waals surface area contributed by atoms with Crippen LogP contribution in [0.25, 0.3) is 11.6 Å². The zero-order valence-electron chi connectivity index (χ0n) is 18.2. The average molecular weight is 811 g/mol. The summed E-state index contributed by atoms with van der Waals surface area (Å²) in [6.45, 7) is 1.97. The fourth-order valence-electron chi connectivity index (χ4n) is 3.12. The van der Waals surface area contributed by atoms with E-state index in [-0.39, 0.29) is 28.6 Å². The second-order valence-electron chi connectivity index (χ2n) is 7.38. The third-order valence-corrected chi connectivity index (χ3v) is 7.84. The van der Waals surface area contributed by atoms with Crippen molar-refractivity contribution in [3.05, 3.63) is 92.9 Å². The minimum Gasteiger partial charge on any atom is -0.507 e. The average Bonchev–Trinajstić information content (AvgIpc) is 3.12. The van der Waals surface area contributed by atoms with Crippen LogP contribution >= 0.6 is 79.6 Å². The van der Waals surface area contributed by atoms with Crippen LogP contribution in [-0.4, -0.2) is 27.6 Å². The highest BCUT2D eigenvalue weighted by Crippen LogP contribution is 2.39. The van der Waals surface area contributed by atoms with E-state index < -0.39 is 5.97 Å². The van der Waals surface area contributed by atoms with Gasteiger partial charge in [-0.2, -0.15) is 0 Å². The molecule has 3 aromatic carbocycles. The SMILES string of the molecule is Cc1cc(Br)c(O)c(Br)c1.O=CC1=C(c2ccc(O)c(Br)c2)/C(=C/c2cc(Br)c(O)c(Br)c2)OC1=O. The number of allylic oxidation sites excluding steroid dienone is 1. The number of halogens is 5. The number of aryl methyl sites for hydroxylation is 1. The number of aromatic hydroxyl groups is 3. The number of carbonyl (C=O) groups excluding carboxylic acids is 2. The van der Waals surface area contributed by atoms with E-state index in [1.807, 2.05) is 19.1 Å². The lowest BCUT2D eigenvalue weighted by atomic mass is 9.99. The standard InChI is InChI=1S/C18H9Br3O5.C7H6Br2O/c19-11-6-9(1-2-14(11)23)16-10(7-22)18(25)26-15(16)5-8-3-12(20)17(24)13(21)4-8;1-4-2-5(8)7(10)6(9)3-4/h1-7,23-24H;2-3,10H,1H3/b15-5-;. The summed E-state index contributed by atoms with van der Waals surface area (Å²) >= 11 is 16.1. The van der Waals surface area contributed by atoms with E-state index in [1.165, 1.54) is 6.07 Å². The van der Waals surface area contributed by atoms with Crippen molar-refractivity contribution in [1.82, 2.24) is 0 Å². The molecule has 1 heterocycles. The molecular weight excluding hydrogens is 796 g/mol. The fraction of sp³-hybridized carbons (Fsp3) is 0.0400. The molecule has 0 saturated carbocycles. The number of aldehydes is 1. The minimum atomic E-state index is -0.748. The zero-order chi connectivity index (χ0) is 26.7. The molecule has 3 N–H and O–H groups in total. The lowest BCUT2D eigenvalue weighted by Gasteiger charge is -2.08. The lowest BCUT2D eigenvalue weighted by Crippen LogP contribution is -1.99. The van der Waals surface area contributed by atoms with Gasteiger partial charge in [0.1, 0.15) is 28.6 Å². The number of phenolic OH excluding ortho intramolecular Hbond substituents is 3. The van der Waals surface area contributed by atoms with Crippen molar-refractivity contribution in [1.29, 1.82) is 0 Å². The van der Waals surface area contributed by atoms with E-state index in [0.717, 1.165) is 14.5 Å². The maximum absolute atomic E-state index is 12.1. The summed E-state index contributed by atoms with van der Waals surface area (Å²) in [5.41, 5.74) is 2.49. The third kappa shape index (κ3) is 6.49. The monoisotopic (exact) mass is 806 g/mol. The number of benzene rings is 3. The van der Waals surface area contributed by atoms with Gasteiger partial charge in [0.15, 0.2) is 6.29 Å². The van der Waals surface area contributed by atoms with Gasteiger partial charge >= 0.3 is 5.97 Å². The van der Waals surface area contributed by atoms with Gasteiger partial charge in [-0.3, -0.25) is 4.79 Å². The Morgan fingerprint density at radius 1 is 0.778 bits per heavy atom. The molecule has 11 heteroatoms. The predicted octanol–water partition coefficient (Wildman–Crippen LogP) is 8.16. The first-order valence-corrected chi connectivity index (χ1v) is 13.8. The Balaban J connectivity index is 0.000000303. The molecule has 1 aliphatic rings. The van der Waals surface area contributed by atoms with Gasteiger partial charge in [-0.25, -0.2) is 4.79 Å². The fourth-order valence-corrected chi connectivity index (χ4v) is 6.14. The molecule has 0 bridgehead atoms. The highest BCUT2D eigenvalue weighted by Gasteiger charge is 2.31. The summed E-state index contributed by atoms with van der Waals surface area (Å²) in [7, 11) is 0. The van der Waals surface area contributed by atoms with Crippen molar-refractivity contribution in [2.45, 2.75) is 6.92 Å². The Labute approximate surface area is 248 Å². The van der Waals surface area contributed by atoms with Crippen molar-refractivity contribution in [2.75, 3.05) is 0 Å². The zero-order valence-corrected chi connectivity index (χ0v) is 26.1. The summed E-state index contributed by atoms with van der Waals surface area (Å²) in [6, 6.07) is 11.6. The molecule has 0 radical (unpaired) electrons. The molecule has 0 fully saturated rings. The van der Waals surface area contributed by atoms with Gasteiger partial charge in [0.2, 0.25) is 0 Å². The molecule has 0 aliphatic carbocycles.